The van der Waals surface area contributed by atoms with Crippen LogP contribution in [0.3, 0.4) is 0 Å². The van der Waals surface area contributed by atoms with Crippen molar-refractivity contribution in [2.24, 2.45) is 7.05 Å². The molecule has 0 aliphatic heterocycles. The molecule has 0 unspecified atom stereocenters. The van der Waals surface area contributed by atoms with Crippen LogP contribution in [0.2, 0.25) is 0 Å². The van der Waals surface area contributed by atoms with Crippen molar-refractivity contribution in [2.75, 3.05) is 13.7 Å². The van der Waals surface area contributed by atoms with Gasteiger partial charge in [0.25, 0.3) is 5.56 Å². The minimum atomic E-state index is -0.153. The lowest BCUT2D eigenvalue weighted by Crippen LogP contribution is -2.27. The Labute approximate surface area is 170 Å². The second-order valence-corrected chi connectivity index (χ2v) is 7.32. The summed E-state index contributed by atoms with van der Waals surface area (Å²) >= 11 is 0. The Kier molecular flexibility index (Phi) is 6.06. The second-order valence-electron chi connectivity index (χ2n) is 7.32. The van der Waals surface area contributed by atoms with Crippen LogP contribution in [0, 0.1) is 13.8 Å². The number of ether oxygens (including phenoxy) is 1. The molecule has 7 nitrogen and oxygen atoms in total. The van der Waals surface area contributed by atoms with Crippen molar-refractivity contribution in [1.29, 1.82) is 0 Å². The molecule has 0 atom stereocenters. The largest absolute Gasteiger partial charge is 0.494 e. The highest BCUT2D eigenvalue weighted by Crippen LogP contribution is 2.21. The summed E-state index contributed by atoms with van der Waals surface area (Å²) in [6.07, 6.45) is 0.681. The molecule has 29 heavy (non-hydrogen) atoms. The Balaban J connectivity index is 1.68. The summed E-state index contributed by atoms with van der Waals surface area (Å²) < 4.78 is 7.12. The molecule has 2 heterocycles. The van der Waals surface area contributed by atoms with Crippen molar-refractivity contribution >= 4 is 16.9 Å². The maximum Gasteiger partial charge on any atom is 0.253 e. The van der Waals surface area contributed by atoms with Gasteiger partial charge in [0.15, 0.2) is 0 Å². The van der Waals surface area contributed by atoms with Crippen LogP contribution in [-0.2, 0) is 24.8 Å². The Morgan fingerprint density at radius 1 is 1.24 bits per heavy atom. The highest BCUT2D eigenvalue weighted by molar-refractivity contribution is 5.83. The molecule has 1 aromatic carbocycles. The number of aromatic nitrogens is 3. The average molecular weight is 396 g/mol. The predicted octanol–water partition coefficient (Wildman–Crippen LogP) is 2.87. The molecule has 3 rings (SSSR count). The van der Waals surface area contributed by atoms with Crippen LogP contribution in [0.5, 0.6) is 5.75 Å². The van der Waals surface area contributed by atoms with E-state index in [9.17, 15) is 9.59 Å². The number of fused-ring (bicyclic) bond motifs is 1. The number of nitrogens with zero attached hydrogens (tertiary/aromatic N) is 3. The molecule has 0 aliphatic carbocycles. The molecule has 0 bridgehead atoms. The van der Waals surface area contributed by atoms with Crippen molar-refractivity contribution in [3.05, 3.63) is 57.0 Å². The topological polar surface area (TPSA) is 80.2 Å². The van der Waals surface area contributed by atoms with Gasteiger partial charge in [0.2, 0.25) is 5.91 Å². The normalized spacial score (nSPS) is 11.1. The molecular formula is C22H28N4O3. The van der Waals surface area contributed by atoms with E-state index in [2.05, 4.69) is 10.1 Å². The number of pyridine rings is 1. The third kappa shape index (κ3) is 4.34. The van der Waals surface area contributed by atoms with E-state index in [1.807, 2.05) is 52.1 Å². The molecule has 1 amide bonds. The van der Waals surface area contributed by atoms with Crippen molar-refractivity contribution in [1.82, 2.24) is 19.7 Å². The lowest BCUT2D eigenvalue weighted by Gasteiger charge is -2.18. The number of nitrogens with one attached hydrogen (secondary N) is 1. The number of carbonyl (C=O) groups is 1. The number of benzene rings is 1. The van der Waals surface area contributed by atoms with E-state index in [0.717, 1.165) is 28.0 Å². The fourth-order valence-corrected chi connectivity index (χ4v) is 3.70. The second kappa shape index (κ2) is 8.51. The van der Waals surface area contributed by atoms with Crippen LogP contribution in [-0.4, -0.2) is 39.2 Å². The summed E-state index contributed by atoms with van der Waals surface area (Å²) in [5, 5.41) is 5.34. The quantitative estimate of drug-likeness (QED) is 0.666. The summed E-state index contributed by atoms with van der Waals surface area (Å²) in [5.41, 5.74) is 4.02. The van der Waals surface area contributed by atoms with Gasteiger partial charge in [-0.1, -0.05) is 12.1 Å². The molecule has 0 aliphatic rings. The van der Waals surface area contributed by atoms with Gasteiger partial charge in [0.05, 0.1) is 12.3 Å². The summed E-state index contributed by atoms with van der Waals surface area (Å²) in [4.78, 5) is 29.8. The van der Waals surface area contributed by atoms with Gasteiger partial charge in [-0.25, -0.2) is 0 Å². The van der Waals surface area contributed by atoms with E-state index in [1.165, 1.54) is 0 Å². The number of hydrogen-bond acceptors (Lipinski definition) is 4. The first-order valence-corrected chi connectivity index (χ1v) is 9.82. The molecule has 0 fully saturated rings. The van der Waals surface area contributed by atoms with E-state index >= 15 is 0 Å². The lowest BCUT2D eigenvalue weighted by atomic mass is 10.0. The summed E-state index contributed by atoms with van der Waals surface area (Å²) in [6, 6.07) is 7.74. The van der Waals surface area contributed by atoms with E-state index in [0.29, 0.717) is 30.8 Å². The minimum absolute atomic E-state index is 0.000639. The van der Waals surface area contributed by atoms with Gasteiger partial charge in [0.1, 0.15) is 11.4 Å². The number of carbonyl (C=O) groups excluding carboxylic acids is 1. The summed E-state index contributed by atoms with van der Waals surface area (Å²) in [7, 11) is 3.59. The number of H-pyrrole nitrogens is 1. The highest BCUT2D eigenvalue weighted by atomic mass is 16.5. The highest BCUT2D eigenvalue weighted by Gasteiger charge is 2.17. The summed E-state index contributed by atoms with van der Waals surface area (Å²) in [5.74, 6) is 0.821. The zero-order chi connectivity index (χ0) is 21.1. The molecule has 0 saturated carbocycles. The van der Waals surface area contributed by atoms with Crippen molar-refractivity contribution in [2.45, 2.75) is 40.2 Å². The maximum atomic E-state index is 12.6. The first-order valence-electron chi connectivity index (χ1n) is 9.82. The van der Waals surface area contributed by atoms with Gasteiger partial charge in [-0.05, 0) is 50.5 Å². The third-order valence-corrected chi connectivity index (χ3v) is 5.22. The Morgan fingerprint density at radius 2 is 1.93 bits per heavy atom. The fraction of sp³-hybridized carbons (Fsp3) is 0.409. The molecule has 2 aromatic heterocycles. The maximum absolute atomic E-state index is 12.6. The molecule has 0 spiro atoms. The van der Waals surface area contributed by atoms with E-state index in [4.69, 9.17) is 4.74 Å². The van der Waals surface area contributed by atoms with Gasteiger partial charge < -0.3 is 14.6 Å². The standard InChI is InChI=1S/C22H28N4O3/c1-6-29-17-9-7-16(8-10-17)13-25(4)19(27)12-11-18-14(2)20-15(3)24-26(5)21(20)23-22(18)28/h7-10H,6,11-13H2,1-5H3,(H,23,28). The Bertz CT molecular complexity index is 1080. The zero-order valence-electron chi connectivity index (χ0n) is 17.7. The minimum Gasteiger partial charge on any atom is -0.494 e. The molecular weight excluding hydrogens is 368 g/mol. The van der Waals surface area contributed by atoms with Gasteiger partial charge in [-0.15, -0.1) is 0 Å². The van der Waals surface area contributed by atoms with Crippen LogP contribution < -0.4 is 10.3 Å². The van der Waals surface area contributed by atoms with Crippen LogP contribution >= 0.6 is 0 Å². The van der Waals surface area contributed by atoms with Crippen molar-refractivity contribution < 1.29 is 9.53 Å². The SMILES string of the molecule is CCOc1ccc(CN(C)C(=O)CCc2c(C)c3c(C)nn(C)c3[nH]c2=O)cc1. The van der Waals surface area contributed by atoms with Crippen LogP contribution in [0.4, 0.5) is 0 Å². The van der Waals surface area contributed by atoms with E-state index < -0.39 is 0 Å². The molecule has 3 aromatic rings. The number of aryl methyl sites for hydroxylation is 3. The van der Waals surface area contributed by atoms with E-state index in [1.54, 1.807) is 16.6 Å². The molecule has 154 valence electrons. The van der Waals surface area contributed by atoms with Gasteiger partial charge >= 0.3 is 0 Å². The fourth-order valence-electron chi connectivity index (χ4n) is 3.70. The lowest BCUT2D eigenvalue weighted by molar-refractivity contribution is -0.130. The molecule has 7 heteroatoms. The van der Waals surface area contributed by atoms with Crippen LogP contribution in [0.1, 0.15) is 35.7 Å². The van der Waals surface area contributed by atoms with Crippen LogP contribution in [0.15, 0.2) is 29.1 Å². The Hall–Kier alpha value is -3.09. The summed E-state index contributed by atoms with van der Waals surface area (Å²) in [6.45, 7) is 6.94. The number of rotatable bonds is 7. The van der Waals surface area contributed by atoms with Gasteiger partial charge in [0, 0.05) is 38.0 Å². The predicted molar refractivity (Wildman–Crippen MR) is 113 cm³/mol. The zero-order valence-corrected chi connectivity index (χ0v) is 17.7. The average Bonchev–Trinajstić information content (AvgIpc) is 2.96. The molecule has 0 saturated heterocycles. The van der Waals surface area contributed by atoms with Crippen LogP contribution in [0.25, 0.3) is 11.0 Å². The first-order chi connectivity index (χ1) is 13.8. The number of amides is 1. The van der Waals surface area contributed by atoms with Crippen molar-refractivity contribution in [3.8, 4) is 5.75 Å². The first kappa shape index (κ1) is 20.6. The monoisotopic (exact) mass is 396 g/mol. The van der Waals surface area contributed by atoms with Gasteiger partial charge in [-0.2, -0.15) is 5.10 Å². The smallest absolute Gasteiger partial charge is 0.253 e. The number of aromatic amines is 1. The Morgan fingerprint density at radius 3 is 2.59 bits per heavy atom. The van der Waals surface area contributed by atoms with E-state index in [-0.39, 0.29) is 17.9 Å². The number of hydrogen-bond donors (Lipinski definition) is 1. The van der Waals surface area contributed by atoms with Crippen molar-refractivity contribution in [3.63, 3.8) is 0 Å². The molecule has 0 radical (unpaired) electrons. The molecule has 1 N–H and O–H groups in total. The third-order valence-electron chi connectivity index (χ3n) is 5.22. The van der Waals surface area contributed by atoms with Gasteiger partial charge in [-0.3, -0.25) is 14.3 Å².